The Balaban J connectivity index is 1.60. The van der Waals surface area contributed by atoms with Gasteiger partial charge in [0, 0.05) is 12.1 Å². The van der Waals surface area contributed by atoms with Crippen LogP contribution in [-0.2, 0) is 11.2 Å². The van der Waals surface area contributed by atoms with Crippen molar-refractivity contribution in [1.29, 1.82) is 0 Å². The highest BCUT2D eigenvalue weighted by Gasteiger charge is 2.15. The molecule has 8 heteroatoms. The van der Waals surface area contributed by atoms with Crippen LogP contribution in [0.15, 0.2) is 42.6 Å². The van der Waals surface area contributed by atoms with E-state index in [1.807, 2.05) is 37.3 Å². The summed E-state index contributed by atoms with van der Waals surface area (Å²) in [5, 5.41) is 2.62. The van der Waals surface area contributed by atoms with E-state index in [1.165, 1.54) is 6.20 Å². The van der Waals surface area contributed by atoms with Gasteiger partial charge in [-0.2, -0.15) is 0 Å². The minimum absolute atomic E-state index is 0.0587. The Morgan fingerprint density at radius 3 is 2.61 bits per heavy atom. The van der Waals surface area contributed by atoms with Crippen molar-refractivity contribution in [2.75, 3.05) is 13.2 Å². The number of rotatable bonds is 7. The number of Topliss-reactive ketones (excluding diaryl/α,β-unsaturated/α-hetero) is 1. The molecule has 1 aromatic carbocycles. The van der Waals surface area contributed by atoms with Gasteiger partial charge >= 0.3 is 6.09 Å². The maximum Gasteiger partial charge on any atom is 0.407 e. The molecule has 1 N–H and O–H groups in total. The van der Waals surface area contributed by atoms with Crippen molar-refractivity contribution < 1.29 is 19.1 Å². The smallest absolute Gasteiger partial charge is 0.407 e. The van der Waals surface area contributed by atoms with E-state index in [1.54, 1.807) is 26.8 Å². The Kier molecular flexibility index (Phi) is 6.79. The highest BCUT2D eigenvalue weighted by atomic mass is 16.6. The first-order valence-electron chi connectivity index (χ1n) is 10.0. The van der Waals surface area contributed by atoms with E-state index in [-0.39, 0.29) is 25.4 Å². The average molecular weight is 422 g/mol. The Morgan fingerprint density at radius 1 is 1.06 bits per heavy atom. The number of aromatic nitrogens is 3. The molecule has 162 valence electrons. The third-order valence-corrected chi connectivity index (χ3v) is 4.14. The topological polar surface area (TPSA) is 103 Å². The van der Waals surface area contributed by atoms with Gasteiger partial charge in [0.05, 0.1) is 23.8 Å². The number of alkyl carbamates (subject to hydrolysis) is 1. The van der Waals surface area contributed by atoms with Crippen molar-refractivity contribution in [2.45, 2.75) is 39.7 Å². The van der Waals surface area contributed by atoms with Crippen LogP contribution in [0.4, 0.5) is 4.79 Å². The van der Waals surface area contributed by atoms with Gasteiger partial charge in [-0.1, -0.05) is 12.1 Å². The molecule has 3 rings (SSSR count). The van der Waals surface area contributed by atoms with Crippen molar-refractivity contribution in [3.63, 3.8) is 0 Å². The van der Waals surface area contributed by atoms with Crippen LogP contribution in [0.3, 0.4) is 0 Å². The molecule has 8 nitrogen and oxygen atoms in total. The zero-order valence-corrected chi connectivity index (χ0v) is 18.1. The first-order valence-corrected chi connectivity index (χ1v) is 10.0. The van der Waals surface area contributed by atoms with Crippen molar-refractivity contribution in [2.24, 2.45) is 0 Å². The van der Waals surface area contributed by atoms with Gasteiger partial charge in [-0.15, -0.1) is 0 Å². The Morgan fingerprint density at radius 2 is 1.87 bits per heavy atom. The molecular formula is C23H26N4O4. The molecule has 0 unspecified atom stereocenters. The second-order valence-corrected chi connectivity index (χ2v) is 8.07. The number of nitrogens with one attached hydrogen (secondary N) is 1. The molecule has 0 aliphatic rings. The molecule has 2 aromatic heterocycles. The predicted octanol–water partition coefficient (Wildman–Crippen LogP) is 3.66. The summed E-state index contributed by atoms with van der Waals surface area (Å²) in [4.78, 5) is 37.2. The first kappa shape index (κ1) is 22.1. The van der Waals surface area contributed by atoms with Crippen LogP contribution in [0.2, 0.25) is 0 Å². The highest BCUT2D eigenvalue weighted by molar-refractivity contribution is 5.96. The first-order chi connectivity index (χ1) is 14.7. The number of pyridine rings is 1. The van der Waals surface area contributed by atoms with Gasteiger partial charge in [0.1, 0.15) is 17.9 Å². The van der Waals surface area contributed by atoms with Crippen molar-refractivity contribution in [3.05, 3.63) is 59.5 Å². The highest BCUT2D eigenvalue weighted by Crippen LogP contribution is 2.17. The third kappa shape index (κ3) is 6.74. The number of carbonyl (C=O) groups excluding carboxylic acids is 2. The van der Waals surface area contributed by atoms with Crippen LogP contribution in [-0.4, -0.2) is 45.6 Å². The van der Waals surface area contributed by atoms with Crippen LogP contribution in [0.1, 0.15) is 42.5 Å². The van der Waals surface area contributed by atoms with E-state index in [0.717, 1.165) is 11.3 Å². The van der Waals surface area contributed by atoms with Crippen LogP contribution in [0, 0.1) is 6.92 Å². The lowest BCUT2D eigenvalue weighted by Crippen LogP contribution is -2.34. The summed E-state index contributed by atoms with van der Waals surface area (Å²) in [5.74, 6) is 0.277. The SMILES string of the molecule is Cc1cccc(C(=O)Cc2ccc3ncc(OCCNC(=O)OC(C)(C)C)nc3c2)n1. The van der Waals surface area contributed by atoms with Gasteiger partial charge in [0.25, 0.3) is 0 Å². The zero-order chi connectivity index (χ0) is 22.4. The number of fused-ring (bicyclic) bond motifs is 1. The largest absolute Gasteiger partial charge is 0.475 e. The molecule has 0 radical (unpaired) electrons. The Hall–Kier alpha value is -3.55. The molecule has 0 spiro atoms. The summed E-state index contributed by atoms with van der Waals surface area (Å²) < 4.78 is 10.7. The van der Waals surface area contributed by atoms with Gasteiger partial charge in [-0.25, -0.2) is 14.8 Å². The summed E-state index contributed by atoms with van der Waals surface area (Å²) >= 11 is 0. The zero-order valence-electron chi connectivity index (χ0n) is 18.1. The number of amides is 1. The number of nitrogens with zero attached hydrogens (tertiary/aromatic N) is 3. The molecule has 0 bridgehead atoms. The number of ketones is 1. The monoisotopic (exact) mass is 422 g/mol. The molecule has 3 aromatic rings. The van der Waals surface area contributed by atoms with Crippen LogP contribution in [0.5, 0.6) is 5.88 Å². The van der Waals surface area contributed by atoms with E-state index >= 15 is 0 Å². The molecule has 1 amide bonds. The van der Waals surface area contributed by atoms with Crippen molar-refractivity contribution in [3.8, 4) is 5.88 Å². The van der Waals surface area contributed by atoms with Crippen LogP contribution in [0.25, 0.3) is 11.0 Å². The minimum Gasteiger partial charge on any atom is -0.475 e. The number of aryl methyl sites for hydroxylation is 1. The fourth-order valence-corrected chi connectivity index (χ4v) is 2.82. The number of ether oxygens (including phenoxy) is 2. The van der Waals surface area contributed by atoms with E-state index in [0.29, 0.717) is 22.6 Å². The number of hydrogen-bond donors (Lipinski definition) is 1. The summed E-state index contributed by atoms with van der Waals surface area (Å²) in [6, 6.07) is 10.9. The molecular weight excluding hydrogens is 396 g/mol. The predicted molar refractivity (Wildman–Crippen MR) is 116 cm³/mol. The minimum atomic E-state index is -0.552. The Labute approximate surface area is 181 Å². The lowest BCUT2D eigenvalue weighted by Gasteiger charge is -2.19. The summed E-state index contributed by atoms with van der Waals surface area (Å²) in [5.41, 5.74) is 2.84. The van der Waals surface area contributed by atoms with Gasteiger partial charge in [-0.05, 0) is 57.5 Å². The summed E-state index contributed by atoms with van der Waals surface area (Å²) in [6.07, 6.45) is 1.24. The summed E-state index contributed by atoms with van der Waals surface area (Å²) in [6.45, 7) is 7.74. The molecule has 0 aliphatic heterocycles. The van der Waals surface area contributed by atoms with E-state index in [2.05, 4.69) is 20.3 Å². The maximum absolute atomic E-state index is 12.5. The molecule has 31 heavy (non-hydrogen) atoms. The fourth-order valence-electron chi connectivity index (χ4n) is 2.82. The molecule has 0 saturated heterocycles. The van der Waals surface area contributed by atoms with Crippen LogP contribution >= 0.6 is 0 Å². The van der Waals surface area contributed by atoms with Gasteiger partial charge < -0.3 is 14.8 Å². The van der Waals surface area contributed by atoms with E-state index in [9.17, 15) is 9.59 Å². The number of benzene rings is 1. The lowest BCUT2D eigenvalue weighted by atomic mass is 10.1. The number of hydrogen-bond acceptors (Lipinski definition) is 7. The van der Waals surface area contributed by atoms with E-state index in [4.69, 9.17) is 9.47 Å². The van der Waals surface area contributed by atoms with Crippen molar-refractivity contribution >= 4 is 22.9 Å². The average Bonchev–Trinajstić information content (AvgIpc) is 2.69. The lowest BCUT2D eigenvalue weighted by molar-refractivity contribution is 0.0519. The molecule has 0 fully saturated rings. The second-order valence-electron chi connectivity index (χ2n) is 8.07. The standard InChI is InChI=1S/C23H26N4O4/c1-15-6-5-7-18(26-15)20(28)13-16-8-9-17-19(12-16)27-21(14-25-17)30-11-10-24-22(29)31-23(2,3)4/h5-9,12,14H,10-11,13H2,1-4H3,(H,24,29). The maximum atomic E-state index is 12.5. The molecule has 0 aliphatic carbocycles. The van der Waals surface area contributed by atoms with Gasteiger partial charge in [0.2, 0.25) is 5.88 Å². The fraction of sp³-hybridized carbons (Fsp3) is 0.348. The molecule has 2 heterocycles. The second kappa shape index (κ2) is 9.51. The Bertz CT molecular complexity index is 1090. The van der Waals surface area contributed by atoms with Gasteiger partial charge in [-0.3, -0.25) is 9.78 Å². The van der Waals surface area contributed by atoms with Crippen LogP contribution < -0.4 is 10.1 Å². The molecule has 0 atom stereocenters. The quantitative estimate of drug-likeness (QED) is 0.458. The third-order valence-electron chi connectivity index (χ3n) is 4.14. The number of carbonyl (C=O) groups is 2. The van der Waals surface area contributed by atoms with Gasteiger partial charge in [0.15, 0.2) is 5.78 Å². The molecule has 0 saturated carbocycles. The van der Waals surface area contributed by atoms with E-state index < -0.39 is 11.7 Å². The van der Waals surface area contributed by atoms with Crippen molar-refractivity contribution in [1.82, 2.24) is 20.3 Å². The normalized spacial score (nSPS) is 11.2. The summed E-state index contributed by atoms with van der Waals surface area (Å²) in [7, 11) is 0.